The Morgan fingerprint density at radius 2 is 2.03 bits per heavy atom. The summed E-state index contributed by atoms with van der Waals surface area (Å²) in [5, 5.41) is 7.32. The van der Waals surface area contributed by atoms with Crippen molar-refractivity contribution in [2.24, 2.45) is 5.92 Å². The third kappa shape index (κ3) is 4.18. The summed E-state index contributed by atoms with van der Waals surface area (Å²) in [7, 11) is 0. The molecule has 1 amide bonds. The monoisotopic (exact) mass is 420 g/mol. The molecule has 1 aromatic heterocycles. The first-order valence-corrected chi connectivity index (χ1v) is 10.4. The average molecular weight is 420 g/mol. The molecule has 0 radical (unpaired) electrons. The van der Waals surface area contributed by atoms with E-state index in [1.807, 2.05) is 36.1 Å². The van der Waals surface area contributed by atoms with E-state index in [0.717, 1.165) is 28.7 Å². The van der Waals surface area contributed by atoms with Crippen LogP contribution in [0.2, 0.25) is 0 Å². The molecular weight excluding hydrogens is 393 g/mol. The van der Waals surface area contributed by atoms with Crippen LogP contribution in [0.3, 0.4) is 0 Å². The second kappa shape index (κ2) is 7.96. The number of carbonyl (C=O) groups is 1. The fourth-order valence-electron chi connectivity index (χ4n) is 4.68. The first-order valence-electron chi connectivity index (χ1n) is 10.4. The molecule has 4 rings (SSSR count). The molecule has 3 heterocycles. The molecule has 1 aromatic carbocycles. The van der Waals surface area contributed by atoms with Gasteiger partial charge >= 0.3 is 6.18 Å². The van der Waals surface area contributed by atoms with E-state index in [1.54, 1.807) is 13.0 Å². The summed E-state index contributed by atoms with van der Waals surface area (Å²) in [6, 6.07) is 7.49. The van der Waals surface area contributed by atoms with Gasteiger partial charge in [0.15, 0.2) is 6.04 Å². The van der Waals surface area contributed by atoms with Crippen LogP contribution in [0.4, 0.5) is 19.0 Å². The first kappa shape index (κ1) is 20.8. The Morgan fingerprint density at radius 1 is 1.27 bits per heavy atom. The van der Waals surface area contributed by atoms with Crippen molar-refractivity contribution < 1.29 is 18.0 Å². The molecule has 8 heteroatoms. The number of rotatable bonds is 3. The zero-order valence-corrected chi connectivity index (χ0v) is 17.2. The van der Waals surface area contributed by atoms with Crippen LogP contribution in [0.15, 0.2) is 30.3 Å². The highest BCUT2D eigenvalue weighted by molar-refractivity contribution is 5.79. The topological polar surface area (TPSA) is 50.2 Å². The van der Waals surface area contributed by atoms with Crippen molar-refractivity contribution in [2.45, 2.75) is 57.8 Å². The Morgan fingerprint density at radius 3 is 2.77 bits per heavy atom. The molecule has 2 aliphatic heterocycles. The van der Waals surface area contributed by atoms with Gasteiger partial charge in [-0.2, -0.15) is 18.3 Å². The van der Waals surface area contributed by atoms with Gasteiger partial charge < -0.3 is 10.2 Å². The number of anilines is 1. The highest BCUT2D eigenvalue weighted by Gasteiger charge is 2.47. The fourth-order valence-corrected chi connectivity index (χ4v) is 4.68. The second-order valence-corrected chi connectivity index (χ2v) is 8.50. The number of alkyl halides is 3. The van der Waals surface area contributed by atoms with Crippen molar-refractivity contribution >= 4 is 11.7 Å². The number of hydrogen-bond acceptors (Lipinski definition) is 3. The highest BCUT2D eigenvalue weighted by atomic mass is 19.4. The van der Waals surface area contributed by atoms with Gasteiger partial charge in [0, 0.05) is 25.2 Å². The molecule has 3 atom stereocenters. The maximum absolute atomic E-state index is 13.7. The molecule has 5 nitrogen and oxygen atoms in total. The average Bonchev–Trinajstić information content (AvgIpc) is 3.08. The predicted octanol–water partition coefficient (Wildman–Crippen LogP) is 4.27. The molecule has 0 saturated carbocycles. The van der Waals surface area contributed by atoms with Crippen LogP contribution in [0.1, 0.15) is 42.1 Å². The normalized spacial score (nSPS) is 24.3. The number of piperidine rings is 1. The highest BCUT2D eigenvalue weighted by Crippen LogP contribution is 2.42. The maximum atomic E-state index is 13.7. The van der Waals surface area contributed by atoms with Crippen LogP contribution < -0.4 is 5.32 Å². The van der Waals surface area contributed by atoms with Gasteiger partial charge in [-0.15, -0.1) is 0 Å². The third-order valence-electron chi connectivity index (χ3n) is 6.32. The Kier molecular flexibility index (Phi) is 5.51. The van der Waals surface area contributed by atoms with E-state index in [1.165, 1.54) is 0 Å². The quantitative estimate of drug-likeness (QED) is 0.807. The predicted molar refractivity (Wildman–Crippen MR) is 108 cm³/mol. The van der Waals surface area contributed by atoms with Crippen LogP contribution in [-0.4, -0.2) is 45.9 Å². The van der Waals surface area contributed by atoms with E-state index in [0.29, 0.717) is 31.0 Å². The van der Waals surface area contributed by atoms with Crippen molar-refractivity contribution in [3.63, 3.8) is 0 Å². The van der Waals surface area contributed by atoms with E-state index in [-0.39, 0.29) is 24.3 Å². The van der Waals surface area contributed by atoms with Gasteiger partial charge in [-0.1, -0.05) is 24.3 Å². The van der Waals surface area contributed by atoms with Crippen molar-refractivity contribution in [2.75, 3.05) is 18.4 Å². The lowest BCUT2D eigenvalue weighted by atomic mass is 9.85. The van der Waals surface area contributed by atoms with E-state index in [4.69, 9.17) is 0 Å². The number of benzene rings is 1. The van der Waals surface area contributed by atoms with E-state index < -0.39 is 12.2 Å². The smallest absolute Gasteiger partial charge is 0.367 e. The van der Waals surface area contributed by atoms with Crippen molar-refractivity contribution in [3.05, 3.63) is 47.2 Å². The van der Waals surface area contributed by atoms with Crippen molar-refractivity contribution in [1.29, 1.82) is 0 Å². The molecule has 1 fully saturated rings. The molecule has 0 spiro atoms. The standard InChI is InChI=1S/C22H27F3N4O/c1-14-6-3-4-7-16(14)11-21(30)28-9-5-8-17(13-28)18-12-19(22(23,24)25)29-20(26-18)10-15(2)27-29/h3-4,6-7,10,17-19,26H,5,8-9,11-13H2,1-2H3/t17?,18-,19+/m0/s1. The number of carbonyl (C=O) groups excluding carboxylic acids is 1. The van der Waals surface area contributed by atoms with Crippen molar-refractivity contribution in [3.8, 4) is 0 Å². The minimum Gasteiger partial charge on any atom is -0.367 e. The van der Waals surface area contributed by atoms with Gasteiger partial charge in [-0.25, -0.2) is 4.68 Å². The van der Waals surface area contributed by atoms with Gasteiger partial charge in [0.2, 0.25) is 5.91 Å². The lowest BCUT2D eigenvalue weighted by Crippen LogP contribution is -2.49. The number of nitrogens with zero attached hydrogens (tertiary/aromatic N) is 3. The van der Waals surface area contributed by atoms with Crippen LogP contribution in [0.25, 0.3) is 0 Å². The molecule has 1 saturated heterocycles. The zero-order valence-electron chi connectivity index (χ0n) is 17.2. The summed E-state index contributed by atoms with van der Waals surface area (Å²) in [6.45, 7) is 4.83. The zero-order chi connectivity index (χ0) is 21.5. The maximum Gasteiger partial charge on any atom is 0.410 e. The number of likely N-dealkylation sites (tertiary alicyclic amines) is 1. The molecule has 162 valence electrons. The second-order valence-electron chi connectivity index (χ2n) is 8.50. The summed E-state index contributed by atoms with van der Waals surface area (Å²) < 4.78 is 42.2. The summed E-state index contributed by atoms with van der Waals surface area (Å²) in [6.07, 6.45) is -2.49. The Bertz CT molecular complexity index is 923. The van der Waals surface area contributed by atoms with Crippen LogP contribution >= 0.6 is 0 Å². The lowest BCUT2D eigenvalue weighted by Gasteiger charge is -2.41. The molecule has 1 N–H and O–H groups in total. The Balaban J connectivity index is 1.48. The molecule has 0 aliphatic carbocycles. The van der Waals surface area contributed by atoms with Gasteiger partial charge in [-0.05, 0) is 50.2 Å². The van der Waals surface area contributed by atoms with Gasteiger partial charge in [0.1, 0.15) is 5.82 Å². The Labute approximate surface area is 174 Å². The van der Waals surface area contributed by atoms with Crippen molar-refractivity contribution in [1.82, 2.24) is 14.7 Å². The minimum atomic E-state index is -4.36. The summed E-state index contributed by atoms with van der Waals surface area (Å²) in [4.78, 5) is 14.7. The van der Waals surface area contributed by atoms with Crippen LogP contribution in [0.5, 0.6) is 0 Å². The molecule has 30 heavy (non-hydrogen) atoms. The molecule has 1 unspecified atom stereocenters. The number of nitrogens with one attached hydrogen (secondary N) is 1. The van der Waals surface area contributed by atoms with Crippen LogP contribution in [-0.2, 0) is 11.2 Å². The molecule has 0 bridgehead atoms. The number of aryl methyl sites for hydroxylation is 2. The van der Waals surface area contributed by atoms with E-state index in [9.17, 15) is 18.0 Å². The van der Waals surface area contributed by atoms with Gasteiger partial charge in [0.05, 0.1) is 12.1 Å². The molecular formula is C22H27F3N4O. The number of amides is 1. The number of fused-ring (bicyclic) bond motifs is 1. The number of halogens is 3. The first-order chi connectivity index (χ1) is 14.2. The summed E-state index contributed by atoms with van der Waals surface area (Å²) in [5.74, 6) is 0.431. The van der Waals surface area contributed by atoms with E-state index in [2.05, 4.69) is 10.4 Å². The van der Waals surface area contributed by atoms with Gasteiger partial charge in [-0.3, -0.25) is 4.79 Å². The number of aromatic nitrogens is 2. The van der Waals surface area contributed by atoms with E-state index >= 15 is 0 Å². The largest absolute Gasteiger partial charge is 0.410 e. The molecule has 2 aromatic rings. The SMILES string of the molecule is Cc1cc2n(n1)[C@@H](C(F)(F)F)C[C@@H](C1CCCN(C(=O)Cc3ccccc3C)C1)N2. The number of hydrogen-bond donors (Lipinski definition) is 1. The Hall–Kier alpha value is -2.51. The summed E-state index contributed by atoms with van der Waals surface area (Å²) in [5.41, 5.74) is 2.63. The molecule has 2 aliphatic rings. The van der Waals surface area contributed by atoms with Gasteiger partial charge in [0.25, 0.3) is 0 Å². The third-order valence-corrected chi connectivity index (χ3v) is 6.32. The lowest BCUT2D eigenvalue weighted by molar-refractivity contribution is -0.175. The minimum absolute atomic E-state index is 0.0200. The van der Waals surface area contributed by atoms with Crippen LogP contribution in [0, 0.1) is 19.8 Å². The fraction of sp³-hybridized carbons (Fsp3) is 0.545. The summed E-state index contributed by atoms with van der Waals surface area (Å²) >= 11 is 0.